The van der Waals surface area contributed by atoms with Gasteiger partial charge in [0.05, 0.1) is 35.0 Å². The zero-order valence-corrected chi connectivity index (χ0v) is 14.9. The van der Waals surface area contributed by atoms with Crippen LogP contribution in [-0.2, 0) is 4.79 Å². The molecule has 0 aromatic heterocycles. The van der Waals surface area contributed by atoms with Gasteiger partial charge >= 0.3 is 0 Å². The summed E-state index contributed by atoms with van der Waals surface area (Å²) in [5.41, 5.74) is 4.37. The van der Waals surface area contributed by atoms with E-state index in [1.165, 1.54) is 0 Å². The van der Waals surface area contributed by atoms with Crippen molar-refractivity contribution in [3.63, 3.8) is 0 Å². The highest BCUT2D eigenvalue weighted by Gasteiger charge is 2.41. The van der Waals surface area contributed by atoms with E-state index in [0.29, 0.717) is 12.0 Å². The second-order valence-electron chi connectivity index (χ2n) is 7.74. The van der Waals surface area contributed by atoms with Crippen LogP contribution in [0.3, 0.4) is 0 Å². The Morgan fingerprint density at radius 3 is 2.46 bits per heavy atom. The van der Waals surface area contributed by atoms with Gasteiger partial charge < -0.3 is 10.6 Å². The lowest BCUT2D eigenvalue weighted by molar-refractivity contribution is -0.124. The molecule has 2 aliphatic rings. The van der Waals surface area contributed by atoms with E-state index in [0.717, 1.165) is 22.6 Å². The van der Waals surface area contributed by atoms with Gasteiger partial charge in [-0.3, -0.25) is 4.79 Å². The van der Waals surface area contributed by atoms with Crippen molar-refractivity contribution in [3.05, 3.63) is 71.4 Å². The molecule has 1 heterocycles. The molecule has 26 heavy (non-hydrogen) atoms. The van der Waals surface area contributed by atoms with Crippen molar-refractivity contribution >= 4 is 17.2 Å². The molecule has 0 bridgehead atoms. The third-order valence-electron chi connectivity index (χ3n) is 5.11. The Morgan fingerprint density at radius 2 is 1.77 bits per heavy atom. The molecule has 2 aromatic carbocycles. The average molecular weight is 343 g/mol. The van der Waals surface area contributed by atoms with Gasteiger partial charge in [0.1, 0.15) is 5.78 Å². The second kappa shape index (κ2) is 6.03. The molecule has 1 aliphatic heterocycles. The predicted molar refractivity (Wildman–Crippen MR) is 103 cm³/mol. The summed E-state index contributed by atoms with van der Waals surface area (Å²) in [6.07, 6.45) is 2.72. The molecule has 2 atom stereocenters. The van der Waals surface area contributed by atoms with Gasteiger partial charge in [-0.2, -0.15) is 5.26 Å². The molecule has 0 amide bonds. The van der Waals surface area contributed by atoms with E-state index in [4.69, 9.17) is 5.26 Å². The van der Waals surface area contributed by atoms with Crippen LogP contribution in [-0.4, -0.2) is 5.78 Å². The van der Waals surface area contributed by atoms with Gasteiger partial charge in [0, 0.05) is 12.1 Å². The van der Waals surface area contributed by atoms with Gasteiger partial charge in [0.15, 0.2) is 0 Å². The summed E-state index contributed by atoms with van der Waals surface area (Å²) < 4.78 is 0. The van der Waals surface area contributed by atoms with Crippen LogP contribution in [0.2, 0.25) is 0 Å². The first-order chi connectivity index (χ1) is 12.5. The average Bonchev–Trinajstić information content (AvgIpc) is 2.77. The third kappa shape index (κ3) is 2.86. The van der Waals surface area contributed by atoms with Crippen molar-refractivity contribution in [1.29, 1.82) is 5.26 Å². The Labute approximate surface area is 153 Å². The molecule has 0 radical (unpaired) electrons. The van der Waals surface area contributed by atoms with Crippen LogP contribution < -0.4 is 10.6 Å². The molecule has 130 valence electrons. The quantitative estimate of drug-likeness (QED) is 0.792. The van der Waals surface area contributed by atoms with Crippen molar-refractivity contribution in [2.24, 2.45) is 11.3 Å². The van der Waals surface area contributed by atoms with Crippen molar-refractivity contribution in [3.8, 4) is 6.07 Å². The van der Waals surface area contributed by atoms with Crippen LogP contribution >= 0.6 is 0 Å². The number of para-hydroxylation sites is 2. The zero-order valence-electron chi connectivity index (χ0n) is 14.9. The molecule has 2 N–H and O–H groups in total. The topological polar surface area (TPSA) is 64.9 Å². The first-order valence-electron chi connectivity index (χ1n) is 8.85. The summed E-state index contributed by atoms with van der Waals surface area (Å²) in [6, 6.07) is 17.5. The molecular formula is C22H21N3O. The van der Waals surface area contributed by atoms with Crippen LogP contribution in [0.5, 0.6) is 0 Å². The highest BCUT2D eigenvalue weighted by Crippen LogP contribution is 2.45. The number of carbonyl (C=O) groups excluding carboxylic acids is 1. The summed E-state index contributed by atoms with van der Waals surface area (Å²) in [6.45, 7) is 4.19. The van der Waals surface area contributed by atoms with Crippen LogP contribution in [0.4, 0.5) is 11.4 Å². The summed E-state index contributed by atoms with van der Waals surface area (Å²) in [7, 11) is 0. The molecule has 1 aliphatic carbocycles. The Hall–Kier alpha value is -3.06. The van der Waals surface area contributed by atoms with Crippen LogP contribution in [0.15, 0.2) is 60.3 Å². The molecule has 4 rings (SSSR count). The van der Waals surface area contributed by atoms with Crippen molar-refractivity contribution < 1.29 is 4.79 Å². The van der Waals surface area contributed by atoms with E-state index in [9.17, 15) is 4.79 Å². The number of nitriles is 1. The maximum absolute atomic E-state index is 13.1. The molecule has 0 fully saturated rings. The van der Waals surface area contributed by atoms with Gasteiger partial charge in [-0.25, -0.2) is 0 Å². The zero-order chi connectivity index (χ0) is 18.3. The maximum atomic E-state index is 13.1. The third-order valence-corrected chi connectivity index (χ3v) is 5.11. The number of benzene rings is 2. The van der Waals surface area contributed by atoms with Crippen LogP contribution in [0, 0.1) is 22.7 Å². The largest absolute Gasteiger partial charge is 0.375 e. The fraction of sp³-hybridized carbons (Fsp3) is 0.273. The fourth-order valence-corrected chi connectivity index (χ4v) is 3.94. The minimum atomic E-state index is -0.275. The van der Waals surface area contributed by atoms with Crippen molar-refractivity contribution in [2.45, 2.75) is 26.3 Å². The standard InChI is InChI=1S/C22H21N3O/c1-22(2)11-18-20(19(26)12-22)21(15-9-7-14(13-23)8-10-15)25-17-6-4-3-5-16(17)24-18/h3-11,20-21,24-25H,12H2,1-2H3. The van der Waals surface area contributed by atoms with Gasteiger partial charge in [-0.15, -0.1) is 0 Å². The first-order valence-corrected chi connectivity index (χ1v) is 8.85. The van der Waals surface area contributed by atoms with Crippen LogP contribution in [0.25, 0.3) is 0 Å². The van der Waals surface area contributed by atoms with E-state index in [2.05, 4.69) is 36.6 Å². The number of anilines is 2. The number of carbonyl (C=O) groups is 1. The smallest absolute Gasteiger partial charge is 0.145 e. The van der Waals surface area contributed by atoms with E-state index in [1.807, 2.05) is 48.5 Å². The Kier molecular flexibility index (Phi) is 3.81. The number of allylic oxidation sites excluding steroid dienone is 1. The monoisotopic (exact) mass is 343 g/mol. The summed E-state index contributed by atoms with van der Waals surface area (Å²) >= 11 is 0. The molecule has 0 spiro atoms. The van der Waals surface area contributed by atoms with Crippen LogP contribution in [0.1, 0.15) is 37.4 Å². The van der Waals surface area contributed by atoms with Gasteiger partial charge in [0.25, 0.3) is 0 Å². The number of hydrogen-bond donors (Lipinski definition) is 2. The first kappa shape index (κ1) is 16.4. The normalized spacial score (nSPS) is 23.3. The molecule has 0 saturated carbocycles. The molecule has 2 aromatic rings. The highest BCUT2D eigenvalue weighted by molar-refractivity contribution is 5.90. The number of ketones is 1. The molecule has 2 unspecified atom stereocenters. The number of nitrogens with zero attached hydrogens (tertiary/aromatic N) is 1. The molecule has 0 saturated heterocycles. The summed E-state index contributed by atoms with van der Waals surface area (Å²) in [5, 5.41) is 16.1. The van der Waals surface area contributed by atoms with E-state index in [1.54, 1.807) is 0 Å². The summed E-state index contributed by atoms with van der Waals surface area (Å²) in [5.74, 6) is -0.0435. The lowest BCUT2D eigenvalue weighted by atomic mass is 9.72. The van der Waals surface area contributed by atoms with Crippen molar-refractivity contribution in [2.75, 3.05) is 10.6 Å². The lowest BCUT2D eigenvalue weighted by Crippen LogP contribution is -2.36. The second-order valence-corrected chi connectivity index (χ2v) is 7.74. The number of Topliss-reactive ketones (excluding diaryl/α,β-unsaturated/α-hetero) is 1. The van der Waals surface area contributed by atoms with Crippen molar-refractivity contribution in [1.82, 2.24) is 0 Å². The minimum absolute atomic E-state index is 0.162. The number of hydrogen-bond acceptors (Lipinski definition) is 4. The van der Waals surface area contributed by atoms with E-state index < -0.39 is 0 Å². The SMILES string of the molecule is CC1(C)C=C2Nc3ccccc3NC(c3ccc(C#N)cc3)C2C(=O)C1. The molecule has 4 nitrogen and oxygen atoms in total. The summed E-state index contributed by atoms with van der Waals surface area (Å²) in [4.78, 5) is 13.1. The van der Waals surface area contributed by atoms with E-state index >= 15 is 0 Å². The predicted octanol–water partition coefficient (Wildman–Crippen LogP) is 4.64. The number of rotatable bonds is 1. The Bertz CT molecular complexity index is 935. The Morgan fingerprint density at radius 1 is 1.08 bits per heavy atom. The lowest BCUT2D eigenvalue weighted by Gasteiger charge is -2.35. The minimum Gasteiger partial charge on any atom is -0.375 e. The molecule has 4 heteroatoms. The fourth-order valence-electron chi connectivity index (χ4n) is 3.94. The Balaban J connectivity index is 1.85. The number of fused-ring (bicyclic) bond motifs is 2. The van der Waals surface area contributed by atoms with E-state index in [-0.39, 0.29) is 23.2 Å². The van der Waals surface area contributed by atoms with Gasteiger partial charge in [-0.1, -0.05) is 44.2 Å². The molecular weight excluding hydrogens is 322 g/mol. The van der Waals surface area contributed by atoms with Gasteiger partial charge in [-0.05, 0) is 35.2 Å². The maximum Gasteiger partial charge on any atom is 0.145 e. The highest BCUT2D eigenvalue weighted by atomic mass is 16.1. The van der Waals surface area contributed by atoms with Gasteiger partial charge in [0.2, 0.25) is 0 Å². The number of nitrogens with one attached hydrogen (secondary N) is 2.